The van der Waals surface area contributed by atoms with Crippen LogP contribution in [0.1, 0.15) is 38.3 Å². The molecule has 29 heavy (non-hydrogen) atoms. The summed E-state index contributed by atoms with van der Waals surface area (Å²) in [4.78, 5) is 25.8. The largest absolute Gasteiger partial charge is 0.394 e. The normalized spacial score (nSPS) is 13.4. The highest BCUT2D eigenvalue weighted by Crippen LogP contribution is 2.25. The number of carbonyl (C=O) groups is 1. The topological polar surface area (TPSA) is 71.3 Å². The average Bonchev–Trinajstić information content (AvgIpc) is 2.70. The summed E-state index contributed by atoms with van der Waals surface area (Å²) in [5, 5.41) is 14.4. The van der Waals surface area contributed by atoms with Gasteiger partial charge in [-0.1, -0.05) is 43.6 Å². The van der Waals surface area contributed by atoms with Gasteiger partial charge in [-0.25, -0.2) is 0 Å². The SMILES string of the molecule is CC(C)[C@H](CO)n1ccc2c(NC(=O)[C@H](C)c3ccc(Cl)cc3)cccc2c1=O. The van der Waals surface area contributed by atoms with Crippen LogP contribution in [-0.4, -0.2) is 22.2 Å². The monoisotopic (exact) mass is 412 g/mol. The molecule has 1 heterocycles. The number of nitrogens with one attached hydrogen (secondary N) is 1. The maximum atomic E-state index is 13.0. The molecule has 0 spiro atoms. The van der Waals surface area contributed by atoms with Crippen LogP contribution in [0.5, 0.6) is 0 Å². The molecule has 3 rings (SSSR count). The van der Waals surface area contributed by atoms with E-state index in [0.29, 0.717) is 21.5 Å². The van der Waals surface area contributed by atoms with Crippen molar-refractivity contribution in [2.45, 2.75) is 32.7 Å². The second kappa shape index (κ2) is 8.80. The Bertz CT molecular complexity index is 1070. The van der Waals surface area contributed by atoms with Crippen LogP contribution in [0.4, 0.5) is 5.69 Å². The van der Waals surface area contributed by atoms with Gasteiger partial charge in [0, 0.05) is 27.7 Å². The Hall–Kier alpha value is -2.63. The highest BCUT2D eigenvalue weighted by molar-refractivity contribution is 6.30. The van der Waals surface area contributed by atoms with Gasteiger partial charge >= 0.3 is 0 Å². The number of aliphatic hydroxyl groups excluding tert-OH is 1. The number of anilines is 1. The molecule has 5 nitrogen and oxygen atoms in total. The Kier molecular flexibility index (Phi) is 6.40. The number of amides is 1. The van der Waals surface area contributed by atoms with Crippen molar-refractivity contribution in [3.63, 3.8) is 0 Å². The number of fused-ring (bicyclic) bond motifs is 1. The summed E-state index contributed by atoms with van der Waals surface area (Å²) in [5.41, 5.74) is 1.26. The van der Waals surface area contributed by atoms with Gasteiger partial charge in [-0.3, -0.25) is 9.59 Å². The van der Waals surface area contributed by atoms with E-state index in [0.717, 1.165) is 5.56 Å². The van der Waals surface area contributed by atoms with E-state index in [2.05, 4.69) is 5.32 Å². The second-order valence-electron chi connectivity index (χ2n) is 7.55. The molecule has 0 saturated carbocycles. The predicted octanol–water partition coefficient (Wildman–Crippen LogP) is 4.59. The van der Waals surface area contributed by atoms with Gasteiger partial charge in [0.15, 0.2) is 0 Å². The predicted molar refractivity (Wildman–Crippen MR) is 118 cm³/mol. The summed E-state index contributed by atoms with van der Waals surface area (Å²) in [7, 11) is 0. The summed E-state index contributed by atoms with van der Waals surface area (Å²) in [5.74, 6) is -0.430. The first-order valence-electron chi connectivity index (χ1n) is 9.64. The van der Waals surface area contributed by atoms with Crippen LogP contribution >= 0.6 is 11.6 Å². The van der Waals surface area contributed by atoms with E-state index in [-0.39, 0.29) is 36.0 Å². The molecular formula is C23H25ClN2O3. The number of hydrogen-bond donors (Lipinski definition) is 2. The third-order valence-corrected chi connectivity index (χ3v) is 5.56. The number of nitrogens with zero attached hydrogens (tertiary/aromatic N) is 1. The van der Waals surface area contributed by atoms with Crippen LogP contribution in [0.25, 0.3) is 10.8 Å². The third-order valence-electron chi connectivity index (χ3n) is 5.31. The van der Waals surface area contributed by atoms with Crippen LogP contribution in [0.3, 0.4) is 0 Å². The second-order valence-corrected chi connectivity index (χ2v) is 7.99. The molecule has 0 radical (unpaired) electrons. The molecular weight excluding hydrogens is 388 g/mol. The van der Waals surface area contributed by atoms with Gasteiger partial charge < -0.3 is 15.0 Å². The average molecular weight is 413 g/mol. The molecule has 0 aliphatic heterocycles. The lowest BCUT2D eigenvalue weighted by molar-refractivity contribution is -0.117. The first-order chi connectivity index (χ1) is 13.8. The lowest BCUT2D eigenvalue weighted by Gasteiger charge is -2.22. The minimum Gasteiger partial charge on any atom is -0.394 e. The van der Waals surface area contributed by atoms with Gasteiger partial charge in [0.2, 0.25) is 5.91 Å². The molecule has 0 aliphatic rings. The van der Waals surface area contributed by atoms with Crippen molar-refractivity contribution in [2.24, 2.45) is 5.92 Å². The van der Waals surface area contributed by atoms with E-state index in [1.807, 2.05) is 39.0 Å². The fourth-order valence-electron chi connectivity index (χ4n) is 3.43. The molecule has 0 saturated heterocycles. The molecule has 0 bridgehead atoms. The molecule has 1 aromatic heterocycles. The van der Waals surface area contributed by atoms with Gasteiger partial charge in [0.05, 0.1) is 18.6 Å². The molecule has 6 heteroatoms. The summed E-state index contributed by atoms with van der Waals surface area (Å²) >= 11 is 5.92. The summed E-state index contributed by atoms with van der Waals surface area (Å²) in [6.45, 7) is 5.64. The number of halogens is 1. The van der Waals surface area contributed by atoms with Gasteiger partial charge in [-0.05, 0) is 48.7 Å². The van der Waals surface area contributed by atoms with Crippen molar-refractivity contribution in [3.05, 3.63) is 75.7 Å². The number of aliphatic hydroxyl groups is 1. The Morgan fingerprint density at radius 2 is 1.76 bits per heavy atom. The van der Waals surface area contributed by atoms with E-state index in [1.165, 1.54) is 0 Å². The highest BCUT2D eigenvalue weighted by Gasteiger charge is 2.19. The Morgan fingerprint density at radius 3 is 2.38 bits per heavy atom. The van der Waals surface area contributed by atoms with Gasteiger partial charge in [0.25, 0.3) is 5.56 Å². The molecule has 2 aromatic carbocycles. The number of rotatable bonds is 6. The first kappa shape index (κ1) is 21.1. The van der Waals surface area contributed by atoms with Crippen LogP contribution < -0.4 is 10.9 Å². The van der Waals surface area contributed by atoms with Crippen LogP contribution in [0.15, 0.2) is 59.5 Å². The number of hydrogen-bond acceptors (Lipinski definition) is 3. The summed E-state index contributed by atoms with van der Waals surface area (Å²) in [6.07, 6.45) is 1.68. The number of benzene rings is 2. The van der Waals surface area contributed by atoms with E-state index < -0.39 is 0 Å². The smallest absolute Gasteiger partial charge is 0.258 e. The van der Waals surface area contributed by atoms with E-state index in [9.17, 15) is 14.7 Å². The van der Waals surface area contributed by atoms with Crippen LogP contribution in [0, 0.1) is 5.92 Å². The highest BCUT2D eigenvalue weighted by atomic mass is 35.5. The van der Waals surface area contributed by atoms with Gasteiger partial charge in [0.1, 0.15) is 0 Å². The lowest BCUT2D eigenvalue weighted by Crippen LogP contribution is -2.30. The molecule has 2 N–H and O–H groups in total. The number of aromatic nitrogens is 1. The summed E-state index contributed by atoms with van der Waals surface area (Å²) < 4.78 is 1.56. The van der Waals surface area contributed by atoms with Gasteiger partial charge in [-0.2, -0.15) is 0 Å². The fourth-order valence-corrected chi connectivity index (χ4v) is 3.55. The standard InChI is InChI=1S/C23H25ClN2O3/c1-14(2)21(13-27)26-12-11-18-19(23(26)29)5-4-6-20(18)25-22(28)15(3)16-7-9-17(24)10-8-16/h4-12,14-15,21,27H,13H2,1-3H3,(H,25,28)/t15-,21+/m1/s1. The van der Waals surface area contributed by atoms with Crippen molar-refractivity contribution in [1.82, 2.24) is 4.57 Å². The molecule has 0 unspecified atom stereocenters. The minimum atomic E-state index is -0.373. The van der Waals surface area contributed by atoms with Gasteiger partial charge in [-0.15, -0.1) is 0 Å². The van der Waals surface area contributed by atoms with Crippen molar-refractivity contribution < 1.29 is 9.90 Å². The van der Waals surface area contributed by atoms with Crippen LogP contribution in [0.2, 0.25) is 5.02 Å². The zero-order valence-corrected chi connectivity index (χ0v) is 17.5. The van der Waals surface area contributed by atoms with E-state index >= 15 is 0 Å². The molecule has 1 amide bonds. The van der Waals surface area contributed by atoms with E-state index in [1.54, 1.807) is 41.1 Å². The number of carbonyl (C=O) groups excluding carboxylic acids is 1. The molecule has 152 valence electrons. The first-order valence-corrected chi connectivity index (χ1v) is 10.0. The van der Waals surface area contributed by atoms with Crippen LogP contribution in [-0.2, 0) is 4.79 Å². The fraction of sp³-hybridized carbons (Fsp3) is 0.304. The lowest BCUT2D eigenvalue weighted by atomic mass is 10.00. The molecule has 0 fully saturated rings. The maximum Gasteiger partial charge on any atom is 0.258 e. The third kappa shape index (κ3) is 4.36. The van der Waals surface area contributed by atoms with Crippen molar-refractivity contribution in [2.75, 3.05) is 11.9 Å². The van der Waals surface area contributed by atoms with Crippen molar-refractivity contribution >= 4 is 34.0 Å². The molecule has 2 atom stereocenters. The molecule has 3 aromatic rings. The zero-order chi connectivity index (χ0) is 21.1. The Morgan fingerprint density at radius 1 is 1.07 bits per heavy atom. The quantitative estimate of drug-likeness (QED) is 0.622. The van der Waals surface area contributed by atoms with Crippen molar-refractivity contribution in [3.8, 4) is 0 Å². The van der Waals surface area contributed by atoms with E-state index in [4.69, 9.17) is 11.6 Å². The molecule has 0 aliphatic carbocycles. The Labute approximate surface area is 174 Å². The van der Waals surface area contributed by atoms with Crippen molar-refractivity contribution in [1.29, 1.82) is 0 Å². The Balaban J connectivity index is 1.94. The number of pyridine rings is 1. The zero-order valence-electron chi connectivity index (χ0n) is 16.7. The minimum absolute atomic E-state index is 0.110. The maximum absolute atomic E-state index is 13.0. The summed E-state index contributed by atoms with van der Waals surface area (Å²) in [6, 6.07) is 14.0.